The summed E-state index contributed by atoms with van der Waals surface area (Å²) in [5.41, 5.74) is 1.27. The molecule has 6 heteroatoms. The lowest BCUT2D eigenvalue weighted by Gasteiger charge is -2.24. The lowest BCUT2D eigenvalue weighted by atomic mass is 9.92. The van der Waals surface area contributed by atoms with Crippen LogP contribution in [0.3, 0.4) is 0 Å². The highest BCUT2D eigenvalue weighted by atomic mass is 32.2. The van der Waals surface area contributed by atoms with Gasteiger partial charge in [-0.3, -0.25) is 4.79 Å². The lowest BCUT2D eigenvalue weighted by molar-refractivity contribution is -0.138. The molecule has 0 aromatic heterocycles. The van der Waals surface area contributed by atoms with E-state index in [0.29, 0.717) is 0 Å². The molecule has 0 unspecified atom stereocenters. The number of rotatable bonds is 5. The minimum atomic E-state index is -3.71. The number of hydrogen-bond acceptors (Lipinski definition) is 3. The SMILES string of the molecule is CC(C)(CC(=O)O)NS(=O)(=O)c1ccc2c(c1)CCCC2. The van der Waals surface area contributed by atoms with E-state index in [-0.39, 0.29) is 11.3 Å². The van der Waals surface area contributed by atoms with Crippen LogP contribution in [0, 0.1) is 0 Å². The van der Waals surface area contributed by atoms with Crippen molar-refractivity contribution in [1.29, 1.82) is 0 Å². The quantitative estimate of drug-likeness (QED) is 0.872. The number of fused-ring (bicyclic) bond motifs is 1. The molecule has 2 N–H and O–H groups in total. The summed E-state index contributed by atoms with van der Waals surface area (Å²) in [5.74, 6) is -1.03. The summed E-state index contributed by atoms with van der Waals surface area (Å²) in [6, 6.07) is 5.18. The largest absolute Gasteiger partial charge is 0.481 e. The van der Waals surface area contributed by atoms with Crippen molar-refractivity contribution in [1.82, 2.24) is 4.72 Å². The number of sulfonamides is 1. The normalized spacial score (nSPS) is 15.5. The van der Waals surface area contributed by atoms with Crippen molar-refractivity contribution < 1.29 is 18.3 Å². The van der Waals surface area contributed by atoms with Gasteiger partial charge in [0.15, 0.2) is 0 Å². The molecule has 5 nitrogen and oxygen atoms in total. The summed E-state index contributed by atoms with van der Waals surface area (Å²) < 4.78 is 27.3. The molecule has 1 aliphatic carbocycles. The van der Waals surface area contributed by atoms with Gasteiger partial charge in [0.05, 0.1) is 11.3 Å². The zero-order chi connectivity index (χ0) is 15.7. The molecule has 0 radical (unpaired) electrons. The summed E-state index contributed by atoms with van der Waals surface area (Å²) in [4.78, 5) is 11.0. The van der Waals surface area contributed by atoms with Crippen molar-refractivity contribution in [2.45, 2.75) is 56.4 Å². The van der Waals surface area contributed by atoms with Crippen LogP contribution in [0.15, 0.2) is 23.1 Å². The molecule has 0 spiro atoms. The second-order valence-electron chi connectivity index (χ2n) is 6.20. The molecule has 0 aliphatic heterocycles. The van der Waals surface area contributed by atoms with E-state index < -0.39 is 21.5 Å². The fraction of sp³-hybridized carbons (Fsp3) is 0.533. The molecule has 0 heterocycles. The molecule has 0 saturated heterocycles. The molecule has 0 saturated carbocycles. The Hall–Kier alpha value is -1.40. The average Bonchev–Trinajstić information content (AvgIpc) is 2.35. The van der Waals surface area contributed by atoms with Crippen LogP contribution in [0.25, 0.3) is 0 Å². The summed E-state index contributed by atoms with van der Waals surface area (Å²) in [6.45, 7) is 3.13. The molecule has 21 heavy (non-hydrogen) atoms. The van der Waals surface area contributed by atoms with E-state index in [1.807, 2.05) is 6.07 Å². The summed E-state index contributed by atoms with van der Waals surface area (Å²) >= 11 is 0. The molecule has 0 atom stereocenters. The zero-order valence-corrected chi connectivity index (χ0v) is 13.2. The molecule has 0 amide bonds. The Morgan fingerprint density at radius 2 is 1.86 bits per heavy atom. The van der Waals surface area contributed by atoms with Gasteiger partial charge in [-0.2, -0.15) is 0 Å². The van der Waals surface area contributed by atoms with Gasteiger partial charge >= 0.3 is 5.97 Å². The fourth-order valence-electron chi connectivity index (χ4n) is 2.71. The highest BCUT2D eigenvalue weighted by Gasteiger charge is 2.29. The summed E-state index contributed by atoms with van der Waals surface area (Å²) in [5, 5.41) is 8.84. The van der Waals surface area contributed by atoms with Crippen molar-refractivity contribution in [3.05, 3.63) is 29.3 Å². The molecule has 0 bridgehead atoms. The minimum Gasteiger partial charge on any atom is -0.481 e. The van der Waals surface area contributed by atoms with Crippen molar-refractivity contribution in [2.75, 3.05) is 0 Å². The maximum Gasteiger partial charge on any atom is 0.305 e. The monoisotopic (exact) mass is 311 g/mol. The van der Waals surface area contributed by atoms with Crippen LogP contribution < -0.4 is 4.72 Å². The molecule has 0 fully saturated rings. The van der Waals surface area contributed by atoms with Crippen LogP contribution in [0.2, 0.25) is 0 Å². The van der Waals surface area contributed by atoms with Gasteiger partial charge in [0.1, 0.15) is 0 Å². The second kappa shape index (κ2) is 5.77. The number of aliphatic carboxylic acids is 1. The number of carbonyl (C=O) groups is 1. The Morgan fingerprint density at radius 3 is 2.48 bits per heavy atom. The maximum atomic E-state index is 12.4. The second-order valence-corrected chi connectivity index (χ2v) is 7.88. The van der Waals surface area contributed by atoms with Gasteiger partial charge in [0, 0.05) is 5.54 Å². The van der Waals surface area contributed by atoms with Gasteiger partial charge in [-0.1, -0.05) is 6.07 Å². The Kier molecular flexibility index (Phi) is 4.39. The smallest absolute Gasteiger partial charge is 0.305 e. The first-order valence-electron chi connectivity index (χ1n) is 7.07. The van der Waals surface area contributed by atoms with Crippen LogP contribution in [0.4, 0.5) is 0 Å². The standard InChI is InChI=1S/C15H21NO4S/c1-15(2,10-14(17)18)16-21(19,20)13-8-7-11-5-3-4-6-12(11)9-13/h7-9,16H,3-6,10H2,1-2H3,(H,17,18). The minimum absolute atomic E-state index is 0.210. The van der Waals surface area contributed by atoms with Crippen molar-refractivity contribution >= 4 is 16.0 Å². The summed E-state index contributed by atoms with van der Waals surface area (Å²) in [6.07, 6.45) is 3.85. The number of benzene rings is 1. The number of carboxylic acids is 1. The van der Waals surface area contributed by atoms with Gasteiger partial charge in [-0.05, 0) is 62.8 Å². The van der Waals surface area contributed by atoms with Crippen molar-refractivity contribution in [3.8, 4) is 0 Å². The highest BCUT2D eigenvalue weighted by molar-refractivity contribution is 7.89. The van der Waals surface area contributed by atoms with E-state index in [9.17, 15) is 13.2 Å². The van der Waals surface area contributed by atoms with Gasteiger partial charge in [0.2, 0.25) is 10.0 Å². The number of hydrogen-bond donors (Lipinski definition) is 2. The third-order valence-corrected chi connectivity index (χ3v) is 5.33. The highest BCUT2D eigenvalue weighted by Crippen LogP contribution is 2.25. The van der Waals surface area contributed by atoms with E-state index in [0.717, 1.165) is 31.2 Å². The molecule has 1 aromatic carbocycles. The van der Waals surface area contributed by atoms with Gasteiger partial charge in [-0.15, -0.1) is 0 Å². The molecular weight excluding hydrogens is 290 g/mol. The van der Waals surface area contributed by atoms with Gasteiger partial charge in [-0.25, -0.2) is 13.1 Å². The van der Waals surface area contributed by atoms with E-state index in [4.69, 9.17) is 5.11 Å². The van der Waals surface area contributed by atoms with Gasteiger partial charge < -0.3 is 5.11 Å². The first-order chi connectivity index (χ1) is 9.70. The zero-order valence-electron chi connectivity index (χ0n) is 12.3. The van der Waals surface area contributed by atoms with Crippen molar-refractivity contribution in [2.24, 2.45) is 0 Å². The van der Waals surface area contributed by atoms with Crippen LogP contribution in [0.1, 0.15) is 44.2 Å². The first kappa shape index (κ1) is 16.0. The van der Waals surface area contributed by atoms with Crippen LogP contribution >= 0.6 is 0 Å². The third-order valence-electron chi connectivity index (χ3n) is 3.63. The Bertz CT molecular complexity index is 650. The third kappa shape index (κ3) is 4.04. The van der Waals surface area contributed by atoms with E-state index in [2.05, 4.69) is 4.72 Å². The Morgan fingerprint density at radius 1 is 1.24 bits per heavy atom. The Labute approximate surface area is 125 Å². The number of nitrogens with one attached hydrogen (secondary N) is 1. The molecule has 116 valence electrons. The predicted molar refractivity (Wildman–Crippen MR) is 79.7 cm³/mol. The molecule has 1 aromatic rings. The molecule has 1 aliphatic rings. The summed E-state index contributed by atoms with van der Waals surface area (Å²) in [7, 11) is -3.71. The number of carboxylic acid groups (broad SMARTS) is 1. The van der Waals surface area contributed by atoms with Crippen LogP contribution in [0.5, 0.6) is 0 Å². The topological polar surface area (TPSA) is 83.5 Å². The molecular formula is C15H21NO4S. The van der Waals surface area contributed by atoms with E-state index in [1.165, 1.54) is 5.56 Å². The molecule has 2 rings (SSSR count). The average molecular weight is 311 g/mol. The van der Waals surface area contributed by atoms with E-state index >= 15 is 0 Å². The number of aryl methyl sites for hydroxylation is 2. The van der Waals surface area contributed by atoms with Crippen LogP contribution in [-0.2, 0) is 27.7 Å². The lowest BCUT2D eigenvalue weighted by Crippen LogP contribution is -2.44. The van der Waals surface area contributed by atoms with Crippen LogP contribution in [-0.4, -0.2) is 25.0 Å². The van der Waals surface area contributed by atoms with E-state index in [1.54, 1.807) is 26.0 Å². The first-order valence-corrected chi connectivity index (χ1v) is 8.55. The predicted octanol–water partition coefficient (Wildman–Crippen LogP) is 2.10. The van der Waals surface area contributed by atoms with Gasteiger partial charge in [0.25, 0.3) is 0 Å². The maximum absolute atomic E-state index is 12.4. The van der Waals surface area contributed by atoms with Crippen molar-refractivity contribution in [3.63, 3.8) is 0 Å². The Balaban J connectivity index is 2.25. The fourth-order valence-corrected chi connectivity index (χ4v) is 4.18.